The number of alkyl halides is 3. The number of carbonyl (C=O) groups excluding carboxylic acids is 1. The Balaban J connectivity index is 1.28. The normalized spacial score (nSPS) is 14.9. The molecule has 7 nitrogen and oxygen atoms in total. The molecule has 0 aliphatic carbocycles. The molecule has 174 valence electrons. The highest BCUT2D eigenvalue weighted by Gasteiger charge is 2.28. The lowest BCUT2D eigenvalue weighted by Crippen LogP contribution is -2.46. The molecule has 0 unspecified atom stereocenters. The Morgan fingerprint density at radius 2 is 1.85 bits per heavy atom. The molecule has 33 heavy (non-hydrogen) atoms. The van der Waals surface area contributed by atoms with Gasteiger partial charge >= 0.3 is 6.18 Å². The number of benzene rings is 1. The minimum atomic E-state index is -4.47. The Labute approximate surface area is 192 Å². The minimum absolute atomic E-state index is 0.151. The SMILES string of the molecule is O=C(NCC(F)(F)F)c1ccc(N2CCN(Cc3cc(-c4cccc(O)c4)cs3)CC2)nn1. The molecule has 0 radical (unpaired) electrons. The number of aromatic hydroxyl groups is 1. The van der Waals surface area contributed by atoms with Gasteiger partial charge < -0.3 is 15.3 Å². The van der Waals surface area contributed by atoms with Crippen LogP contribution in [0.25, 0.3) is 11.1 Å². The van der Waals surface area contributed by atoms with Crippen LogP contribution in [0.5, 0.6) is 5.75 Å². The molecule has 1 aromatic carbocycles. The van der Waals surface area contributed by atoms with Gasteiger partial charge in [-0.15, -0.1) is 21.5 Å². The van der Waals surface area contributed by atoms with E-state index in [1.165, 1.54) is 10.9 Å². The van der Waals surface area contributed by atoms with Crippen LogP contribution in [-0.4, -0.2) is 65.0 Å². The third kappa shape index (κ3) is 6.20. The first-order chi connectivity index (χ1) is 15.8. The molecule has 0 bridgehead atoms. The Morgan fingerprint density at radius 3 is 2.52 bits per heavy atom. The summed E-state index contributed by atoms with van der Waals surface area (Å²) in [4.78, 5) is 17.4. The van der Waals surface area contributed by atoms with E-state index in [0.29, 0.717) is 5.82 Å². The molecule has 3 heterocycles. The van der Waals surface area contributed by atoms with E-state index in [1.54, 1.807) is 34.9 Å². The first-order valence-corrected chi connectivity index (χ1v) is 11.2. The minimum Gasteiger partial charge on any atom is -0.508 e. The third-order valence-corrected chi connectivity index (χ3v) is 6.16. The highest BCUT2D eigenvalue weighted by atomic mass is 32.1. The Hall–Kier alpha value is -3.18. The van der Waals surface area contributed by atoms with Crippen LogP contribution < -0.4 is 10.2 Å². The summed E-state index contributed by atoms with van der Waals surface area (Å²) in [5, 5.41) is 21.3. The molecule has 1 aliphatic rings. The fraction of sp³-hybridized carbons (Fsp3) is 0.318. The van der Waals surface area contributed by atoms with Crippen LogP contribution >= 0.6 is 11.3 Å². The van der Waals surface area contributed by atoms with Crippen molar-refractivity contribution in [2.75, 3.05) is 37.6 Å². The molecule has 2 N–H and O–H groups in total. The van der Waals surface area contributed by atoms with E-state index < -0.39 is 18.6 Å². The van der Waals surface area contributed by atoms with Crippen LogP contribution in [0.1, 0.15) is 15.4 Å². The molecular formula is C22H22F3N5O2S. The van der Waals surface area contributed by atoms with Gasteiger partial charge in [0.15, 0.2) is 11.5 Å². The predicted molar refractivity (Wildman–Crippen MR) is 119 cm³/mol. The predicted octanol–water partition coefficient (Wildman–Crippen LogP) is 3.53. The summed E-state index contributed by atoms with van der Waals surface area (Å²) in [6.45, 7) is 2.49. The standard InChI is InChI=1S/C22H22F3N5O2S/c23-22(24,25)14-26-21(32)19-4-5-20(28-27-19)30-8-6-29(7-9-30)12-18-11-16(13-33-18)15-2-1-3-17(31)10-15/h1-5,10-11,13,31H,6-9,12,14H2,(H,26,32). The second-order valence-corrected chi connectivity index (χ2v) is 8.69. The van der Waals surface area contributed by atoms with Crippen molar-refractivity contribution in [3.63, 3.8) is 0 Å². The average Bonchev–Trinajstić information content (AvgIpc) is 3.26. The molecule has 4 rings (SSSR count). The zero-order valence-electron chi connectivity index (χ0n) is 17.5. The summed E-state index contributed by atoms with van der Waals surface area (Å²) in [6.07, 6.45) is -4.47. The fourth-order valence-corrected chi connectivity index (χ4v) is 4.48. The maximum atomic E-state index is 12.2. The number of phenols is 1. The zero-order valence-corrected chi connectivity index (χ0v) is 18.4. The number of thiophene rings is 1. The van der Waals surface area contributed by atoms with Crippen LogP contribution in [0, 0.1) is 0 Å². The van der Waals surface area contributed by atoms with Gasteiger partial charge in [0.2, 0.25) is 0 Å². The van der Waals surface area contributed by atoms with Crippen molar-refractivity contribution < 1.29 is 23.1 Å². The molecule has 1 saturated heterocycles. The number of halogens is 3. The summed E-state index contributed by atoms with van der Waals surface area (Å²) in [5.41, 5.74) is 1.91. The summed E-state index contributed by atoms with van der Waals surface area (Å²) in [6, 6.07) is 12.3. The number of phenolic OH excluding ortho intramolecular Hbond substituents is 1. The Bertz CT molecular complexity index is 1100. The van der Waals surface area contributed by atoms with Gasteiger partial charge in [-0.25, -0.2) is 0 Å². The van der Waals surface area contributed by atoms with E-state index in [2.05, 4.69) is 26.5 Å². The number of hydrogen-bond donors (Lipinski definition) is 2. The topological polar surface area (TPSA) is 81.6 Å². The van der Waals surface area contributed by atoms with Gasteiger partial charge in [-0.3, -0.25) is 9.69 Å². The van der Waals surface area contributed by atoms with Crippen molar-refractivity contribution in [2.24, 2.45) is 0 Å². The number of carbonyl (C=O) groups is 1. The van der Waals surface area contributed by atoms with Gasteiger partial charge in [0.25, 0.3) is 5.91 Å². The van der Waals surface area contributed by atoms with Gasteiger partial charge in [0.1, 0.15) is 12.3 Å². The van der Waals surface area contributed by atoms with E-state index in [0.717, 1.165) is 43.9 Å². The number of nitrogens with zero attached hydrogens (tertiary/aromatic N) is 4. The smallest absolute Gasteiger partial charge is 0.405 e. The summed E-state index contributed by atoms with van der Waals surface area (Å²) in [7, 11) is 0. The highest BCUT2D eigenvalue weighted by Crippen LogP contribution is 2.29. The van der Waals surface area contributed by atoms with Crippen LogP contribution in [0.4, 0.5) is 19.0 Å². The van der Waals surface area contributed by atoms with Crippen molar-refractivity contribution in [3.8, 4) is 16.9 Å². The molecule has 1 amide bonds. The van der Waals surface area contributed by atoms with Crippen molar-refractivity contribution in [2.45, 2.75) is 12.7 Å². The monoisotopic (exact) mass is 477 g/mol. The second kappa shape index (κ2) is 9.75. The number of nitrogens with one attached hydrogen (secondary N) is 1. The number of hydrogen-bond acceptors (Lipinski definition) is 7. The van der Waals surface area contributed by atoms with Crippen LogP contribution in [0.15, 0.2) is 47.8 Å². The van der Waals surface area contributed by atoms with Crippen molar-refractivity contribution in [3.05, 3.63) is 58.4 Å². The van der Waals surface area contributed by atoms with Gasteiger partial charge in [-0.1, -0.05) is 12.1 Å². The van der Waals surface area contributed by atoms with Gasteiger partial charge in [-0.2, -0.15) is 13.2 Å². The van der Waals surface area contributed by atoms with E-state index in [-0.39, 0.29) is 11.4 Å². The number of aromatic nitrogens is 2. The van der Waals surface area contributed by atoms with Crippen molar-refractivity contribution >= 4 is 23.1 Å². The quantitative estimate of drug-likeness (QED) is 0.566. The third-order valence-electron chi connectivity index (χ3n) is 5.24. The lowest BCUT2D eigenvalue weighted by atomic mass is 10.1. The van der Waals surface area contributed by atoms with E-state index in [1.807, 2.05) is 17.0 Å². The first-order valence-electron chi connectivity index (χ1n) is 10.3. The van der Waals surface area contributed by atoms with E-state index in [4.69, 9.17) is 0 Å². The Morgan fingerprint density at radius 1 is 1.06 bits per heavy atom. The molecule has 2 aromatic heterocycles. The summed E-state index contributed by atoms with van der Waals surface area (Å²) < 4.78 is 36.7. The fourth-order valence-electron chi connectivity index (χ4n) is 3.54. The van der Waals surface area contributed by atoms with Crippen molar-refractivity contribution in [1.82, 2.24) is 20.4 Å². The van der Waals surface area contributed by atoms with Gasteiger partial charge in [0, 0.05) is 37.6 Å². The van der Waals surface area contributed by atoms with E-state index >= 15 is 0 Å². The number of anilines is 1. The second-order valence-electron chi connectivity index (χ2n) is 7.69. The van der Waals surface area contributed by atoms with Crippen LogP contribution in [0.2, 0.25) is 0 Å². The number of rotatable bonds is 6. The largest absolute Gasteiger partial charge is 0.508 e. The number of amides is 1. The van der Waals surface area contributed by atoms with Crippen molar-refractivity contribution in [1.29, 1.82) is 0 Å². The lowest BCUT2D eigenvalue weighted by molar-refractivity contribution is -0.123. The van der Waals surface area contributed by atoms with E-state index in [9.17, 15) is 23.1 Å². The maximum Gasteiger partial charge on any atom is 0.405 e. The van der Waals surface area contributed by atoms with Gasteiger partial charge in [-0.05, 0) is 46.8 Å². The molecular weight excluding hydrogens is 455 g/mol. The summed E-state index contributed by atoms with van der Waals surface area (Å²) >= 11 is 1.68. The summed E-state index contributed by atoms with van der Waals surface area (Å²) in [5.74, 6) is -0.0732. The van der Waals surface area contributed by atoms with Crippen LogP contribution in [-0.2, 0) is 6.54 Å². The molecule has 1 fully saturated rings. The maximum absolute atomic E-state index is 12.2. The average molecular weight is 478 g/mol. The Kier molecular flexibility index (Phi) is 6.80. The highest BCUT2D eigenvalue weighted by molar-refractivity contribution is 7.10. The number of piperazine rings is 1. The first kappa shape index (κ1) is 23.0. The molecule has 1 aliphatic heterocycles. The molecule has 3 aromatic rings. The molecule has 0 spiro atoms. The molecule has 11 heteroatoms. The lowest BCUT2D eigenvalue weighted by Gasteiger charge is -2.34. The zero-order chi connectivity index (χ0) is 23.4. The molecule has 0 saturated carbocycles. The molecule has 0 atom stereocenters. The van der Waals surface area contributed by atoms with Crippen LogP contribution in [0.3, 0.4) is 0 Å². The van der Waals surface area contributed by atoms with Gasteiger partial charge in [0.05, 0.1) is 0 Å².